The lowest BCUT2D eigenvalue weighted by atomic mass is 9.92. The third-order valence-corrected chi connectivity index (χ3v) is 7.54. The molecule has 0 bridgehead atoms. The second-order valence-corrected chi connectivity index (χ2v) is 11.9. The Bertz CT molecular complexity index is 1470. The molecule has 6 rings (SSSR count). The molecule has 4 aromatic heterocycles. The highest BCUT2D eigenvalue weighted by Crippen LogP contribution is 2.35. The summed E-state index contributed by atoms with van der Waals surface area (Å²) in [5, 5.41) is 17.3. The first kappa shape index (κ1) is 34.1. The molecular formula is C30H39ClF4N10. The molecule has 3 N–H and O–H groups in total. The smallest absolute Gasteiger partial charge is 0.252 e. The molecule has 2 fully saturated rings. The van der Waals surface area contributed by atoms with Gasteiger partial charge < -0.3 is 10.6 Å². The standard InChI is InChI=1S/C15H19F2N5.C11H14ClF2N3.C4H6N2/c1-10-5-8-22(21-10)14-18-11(2)9-13(20-14)19-12-3-6-15(16,17)7-4-12;1-7-6-9(17-10(12)15-7)16-8-2-4-11(13,14)5-3-8;1-4-2-3-5-6-4/h5,8-9,12H,3-4,6-7H2,1-2H3,(H,18,19,20);6,8H,2-5H2,1H3,(H,15,16,17);2-3H,1H3,(H,5,6). The summed E-state index contributed by atoms with van der Waals surface area (Å²) in [6.07, 6.45) is 5.06. The molecule has 0 saturated heterocycles. The van der Waals surface area contributed by atoms with E-state index in [4.69, 9.17) is 11.6 Å². The number of H-pyrrole nitrogens is 1. The van der Waals surface area contributed by atoms with E-state index in [1.54, 1.807) is 23.1 Å². The maximum atomic E-state index is 13.2. The van der Waals surface area contributed by atoms with E-state index in [0.29, 0.717) is 43.3 Å². The van der Waals surface area contributed by atoms with Gasteiger partial charge in [0.2, 0.25) is 17.1 Å². The van der Waals surface area contributed by atoms with Crippen molar-refractivity contribution in [1.29, 1.82) is 0 Å². The van der Waals surface area contributed by atoms with Crippen LogP contribution in [0.2, 0.25) is 5.28 Å². The summed E-state index contributed by atoms with van der Waals surface area (Å²) in [7, 11) is 0. The topological polar surface area (TPSA) is 122 Å². The van der Waals surface area contributed by atoms with Gasteiger partial charge >= 0.3 is 0 Å². The van der Waals surface area contributed by atoms with Crippen LogP contribution >= 0.6 is 11.6 Å². The summed E-state index contributed by atoms with van der Waals surface area (Å²) in [5.41, 5.74) is 3.56. The Hall–Kier alpha value is -3.81. The first-order chi connectivity index (χ1) is 21.2. The van der Waals surface area contributed by atoms with Crippen molar-refractivity contribution in [3.63, 3.8) is 0 Å². The Morgan fingerprint density at radius 3 is 1.71 bits per heavy atom. The first-order valence-electron chi connectivity index (χ1n) is 14.9. The summed E-state index contributed by atoms with van der Waals surface area (Å²) in [4.78, 5) is 16.8. The Balaban J connectivity index is 0.000000177. The molecule has 0 aromatic carbocycles. The predicted octanol–water partition coefficient (Wildman–Crippen LogP) is 7.42. The lowest BCUT2D eigenvalue weighted by Crippen LogP contribution is -2.32. The third kappa shape index (κ3) is 11.2. The molecule has 4 heterocycles. The van der Waals surface area contributed by atoms with E-state index in [1.807, 2.05) is 45.9 Å². The zero-order chi connectivity index (χ0) is 32.6. The van der Waals surface area contributed by atoms with Gasteiger partial charge in [0.1, 0.15) is 11.6 Å². The van der Waals surface area contributed by atoms with Crippen LogP contribution in [0.4, 0.5) is 29.2 Å². The molecule has 2 saturated carbocycles. The van der Waals surface area contributed by atoms with Crippen LogP contribution in [0.1, 0.15) is 74.1 Å². The normalized spacial score (nSPS) is 17.8. The summed E-state index contributed by atoms with van der Waals surface area (Å²) in [6.45, 7) is 7.55. The highest BCUT2D eigenvalue weighted by molar-refractivity contribution is 6.28. The number of nitrogens with zero attached hydrogens (tertiary/aromatic N) is 7. The minimum absolute atomic E-state index is 0.0288. The number of aryl methyl sites for hydroxylation is 4. The molecule has 0 unspecified atom stereocenters. The van der Waals surface area contributed by atoms with Gasteiger partial charge in [0.25, 0.3) is 5.95 Å². The monoisotopic (exact) mass is 650 g/mol. The highest BCUT2D eigenvalue weighted by atomic mass is 35.5. The lowest BCUT2D eigenvalue weighted by molar-refractivity contribution is -0.0366. The molecular weight excluding hydrogens is 612 g/mol. The van der Waals surface area contributed by atoms with Crippen molar-refractivity contribution in [3.05, 3.63) is 64.7 Å². The van der Waals surface area contributed by atoms with Crippen LogP contribution in [-0.2, 0) is 0 Å². The molecule has 0 atom stereocenters. The van der Waals surface area contributed by atoms with Gasteiger partial charge in [-0.2, -0.15) is 15.2 Å². The predicted molar refractivity (Wildman–Crippen MR) is 165 cm³/mol. The fraction of sp³-hybridized carbons (Fsp3) is 0.533. The van der Waals surface area contributed by atoms with Crippen LogP contribution in [0.25, 0.3) is 5.95 Å². The fourth-order valence-electron chi connectivity index (χ4n) is 4.97. The van der Waals surface area contributed by atoms with Crippen molar-refractivity contribution < 1.29 is 17.6 Å². The van der Waals surface area contributed by atoms with Gasteiger partial charge in [0.15, 0.2) is 0 Å². The Morgan fingerprint density at radius 1 is 0.756 bits per heavy atom. The molecule has 2 aliphatic rings. The van der Waals surface area contributed by atoms with Crippen LogP contribution in [0.15, 0.2) is 36.7 Å². The SMILES string of the molecule is Cc1cc(NC2CCC(F)(F)CC2)nc(-n2ccc(C)n2)n1.Cc1cc(NC2CCC(F)(F)CC2)nc(Cl)n1.Cc1ccn[nH]1. The molecule has 4 aromatic rings. The number of nitrogens with one attached hydrogen (secondary N) is 3. The van der Waals surface area contributed by atoms with E-state index in [2.05, 4.69) is 45.9 Å². The number of alkyl halides is 4. The van der Waals surface area contributed by atoms with Crippen LogP contribution in [0.3, 0.4) is 0 Å². The molecule has 10 nitrogen and oxygen atoms in total. The third-order valence-electron chi connectivity index (χ3n) is 7.37. The molecule has 2 aliphatic carbocycles. The van der Waals surface area contributed by atoms with Crippen molar-refractivity contribution >= 4 is 23.2 Å². The van der Waals surface area contributed by atoms with E-state index in [1.165, 1.54) is 0 Å². The summed E-state index contributed by atoms with van der Waals surface area (Å²) in [6, 6.07) is 7.45. The minimum atomic E-state index is -2.52. The van der Waals surface area contributed by atoms with Gasteiger partial charge in [-0.15, -0.1) is 0 Å². The van der Waals surface area contributed by atoms with Crippen LogP contribution < -0.4 is 10.6 Å². The van der Waals surface area contributed by atoms with E-state index in [9.17, 15) is 17.6 Å². The number of hydrogen-bond acceptors (Lipinski definition) is 8. The molecule has 0 spiro atoms. The second kappa shape index (κ2) is 15.0. The summed E-state index contributed by atoms with van der Waals surface area (Å²) in [5.74, 6) is -3.27. The van der Waals surface area contributed by atoms with Gasteiger partial charge in [-0.1, -0.05) is 0 Å². The van der Waals surface area contributed by atoms with Crippen LogP contribution in [-0.4, -0.2) is 63.8 Å². The number of hydrogen-bond donors (Lipinski definition) is 3. The van der Waals surface area contributed by atoms with Crippen molar-refractivity contribution in [2.75, 3.05) is 10.6 Å². The van der Waals surface area contributed by atoms with Crippen molar-refractivity contribution in [1.82, 2.24) is 39.9 Å². The average Bonchev–Trinajstić information content (AvgIpc) is 3.62. The summed E-state index contributed by atoms with van der Waals surface area (Å²) >= 11 is 5.73. The highest BCUT2D eigenvalue weighted by Gasteiger charge is 2.35. The largest absolute Gasteiger partial charge is 0.367 e. The van der Waals surface area contributed by atoms with E-state index >= 15 is 0 Å². The van der Waals surface area contributed by atoms with E-state index in [0.717, 1.165) is 22.8 Å². The van der Waals surface area contributed by atoms with Gasteiger partial charge in [0, 0.05) is 79.4 Å². The zero-order valence-electron chi connectivity index (χ0n) is 25.8. The molecule has 0 aliphatic heterocycles. The molecule has 0 radical (unpaired) electrons. The first-order valence-corrected chi connectivity index (χ1v) is 15.3. The van der Waals surface area contributed by atoms with Crippen LogP contribution in [0.5, 0.6) is 0 Å². The van der Waals surface area contributed by atoms with Gasteiger partial charge in [-0.3, -0.25) is 5.10 Å². The van der Waals surface area contributed by atoms with Crippen molar-refractivity contribution in [2.24, 2.45) is 0 Å². The van der Waals surface area contributed by atoms with E-state index < -0.39 is 11.8 Å². The fourth-order valence-corrected chi connectivity index (χ4v) is 5.20. The number of aromatic amines is 1. The number of rotatable bonds is 5. The molecule has 244 valence electrons. The second-order valence-electron chi connectivity index (χ2n) is 11.5. The minimum Gasteiger partial charge on any atom is -0.367 e. The maximum Gasteiger partial charge on any atom is 0.252 e. The van der Waals surface area contributed by atoms with E-state index in [-0.39, 0.29) is 43.1 Å². The Labute approximate surface area is 264 Å². The van der Waals surface area contributed by atoms with Crippen molar-refractivity contribution in [3.8, 4) is 5.95 Å². The number of anilines is 2. The van der Waals surface area contributed by atoms with Crippen LogP contribution in [0, 0.1) is 27.7 Å². The number of aromatic nitrogens is 8. The van der Waals surface area contributed by atoms with Crippen molar-refractivity contribution in [2.45, 2.75) is 103 Å². The maximum absolute atomic E-state index is 13.2. The number of halogens is 5. The zero-order valence-corrected chi connectivity index (χ0v) is 26.6. The van der Waals surface area contributed by atoms with Gasteiger partial charge in [0.05, 0.1) is 5.69 Å². The summed E-state index contributed by atoms with van der Waals surface area (Å²) < 4.78 is 54.0. The quantitative estimate of drug-likeness (QED) is 0.151. The lowest BCUT2D eigenvalue weighted by Gasteiger charge is -2.29. The Morgan fingerprint density at radius 2 is 1.29 bits per heavy atom. The van der Waals surface area contributed by atoms with Gasteiger partial charge in [-0.05, 0) is 77.1 Å². The molecule has 15 heteroatoms. The van der Waals surface area contributed by atoms with Gasteiger partial charge in [-0.25, -0.2) is 37.2 Å². The molecule has 45 heavy (non-hydrogen) atoms. The average molecular weight is 651 g/mol. The Kier molecular flexibility index (Phi) is 11.3. The molecule has 0 amide bonds.